The lowest BCUT2D eigenvalue weighted by Gasteiger charge is -2.19. The number of nitrogens with zero attached hydrogens (tertiary/aromatic N) is 1. The molecule has 3 amide bonds. The molecule has 0 radical (unpaired) electrons. The summed E-state index contributed by atoms with van der Waals surface area (Å²) in [5, 5.41) is 8.55. The fourth-order valence-electron chi connectivity index (χ4n) is 4.31. The van der Waals surface area contributed by atoms with Crippen LogP contribution in [0.3, 0.4) is 0 Å². The molecule has 0 bridgehead atoms. The number of rotatable bonds is 6. The number of carbonyl (C=O) groups is 3. The Balaban J connectivity index is 1.60. The van der Waals surface area contributed by atoms with Crippen LogP contribution >= 0.6 is 11.5 Å². The third-order valence-electron chi connectivity index (χ3n) is 6.01. The van der Waals surface area contributed by atoms with Gasteiger partial charge in [0.15, 0.2) is 0 Å². The third kappa shape index (κ3) is 4.31. The highest BCUT2D eigenvalue weighted by molar-refractivity contribution is 7.13. The van der Waals surface area contributed by atoms with Crippen LogP contribution in [0.1, 0.15) is 53.9 Å². The molecular weight excluding hydrogens is 486 g/mol. The van der Waals surface area contributed by atoms with Crippen molar-refractivity contribution < 1.29 is 23.2 Å². The van der Waals surface area contributed by atoms with E-state index in [-0.39, 0.29) is 22.5 Å². The molecule has 0 unspecified atom stereocenters. The molecule has 36 heavy (non-hydrogen) atoms. The van der Waals surface area contributed by atoms with Crippen molar-refractivity contribution in [3.05, 3.63) is 94.2 Å². The van der Waals surface area contributed by atoms with E-state index < -0.39 is 36.7 Å². The molecule has 7 nitrogen and oxygen atoms in total. The third-order valence-corrected chi connectivity index (χ3v) is 6.83. The van der Waals surface area contributed by atoms with Gasteiger partial charge < -0.3 is 16.0 Å². The quantitative estimate of drug-likeness (QED) is 0.353. The van der Waals surface area contributed by atoms with E-state index in [0.29, 0.717) is 10.9 Å². The maximum absolute atomic E-state index is 13.3. The second-order valence-corrected chi connectivity index (χ2v) is 9.14. The van der Waals surface area contributed by atoms with Crippen LogP contribution in [0.2, 0.25) is 0 Å². The minimum atomic E-state index is -2.73. The number of aromatic nitrogens is 1. The molecule has 1 aliphatic heterocycles. The van der Waals surface area contributed by atoms with E-state index >= 15 is 0 Å². The van der Waals surface area contributed by atoms with Crippen LogP contribution in [-0.2, 0) is 0 Å². The molecule has 0 fully saturated rings. The van der Waals surface area contributed by atoms with Gasteiger partial charge in [-0.1, -0.05) is 42.5 Å². The summed E-state index contributed by atoms with van der Waals surface area (Å²) in [5.41, 5.74) is 2.85. The van der Waals surface area contributed by atoms with Gasteiger partial charge in [-0.25, -0.2) is 8.78 Å². The highest BCUT2D eigenvalue weighted by Gasteiger charge is 2.35. The first-order chi connectivity index (χ1) is 17.3. The first-order valence-electron chi connectivity index (χ1n) is 11.1. The Morgan fingerprint density at radius 3 is 2.61 bits per heavy atom. The summed E-state index contributed by atoms with van der Waals surface area (Å²) in [7, 11) is 0. The predicted octanol–water partition coefficient (Wildman–Crippen LogP) is 4.68. The molecule has 182 valence electrons. The summed E-state index contributed by atoms with van der Waals surface area (Å²) >= 11 is 1.18. The van der Waals surface area contributed by atoms with Gasteiger partial charge in [-0.05, 0) is 47.8 Å². The number of hydrogen-bond donors (Lipinski definition) is 3. The average Bonchev–Trinajstić information content (AvgIpc) is 3.44. The second-order valence-electron chi connectivity index (χ2n) is 8.33. The summed E-state index contributed by atoms with van der Waals surface area (Å²) in [4.78, 5) is 38.9. The first-order valence-corrected chi connectivity index (χ1v) is 11.9. The van der Waals surface area contributed by atoms with Crippen LogP contribution in [0.25, 0.3) is 10.1 Å². The van der Waals surface area contributed by atoms with E-state index in [9.17, 15) is 23.2 Å². The first kappa shape index (κ1) is 23.6. The van der Waals surface area contributed by atoms with Gasteiger partial charge in [-0.3, -0.25) is 14.4 Å². The SMILES string of the molecule is Cc1ccccc1[C@@H]1NC(=O)c2cc(C(=O)NCC(F)F)cc(NC(=O)c3nsc4ccccc34)c21. The van der Waals surface area contributed by atoms with Crippen LogP contribution in [0.5, 0.6) is 0 Å². The van der Waals surface area contributed by atoms with E-state index in [2.05, 4.69) is 20.3 Å². The molecule has 0 spiro atoms. The molecule has 1 aliphatic rings. The van der Waals surface area contributed by atoms with Crippen LogP contribution in [0.15, 0.2) is 60.7 Å². The Morgan fingerprint density at radius 2 is 1.83 bits per heavy atom. The number of benzene rings is 3. The highest BCUT2D eigenvalue weighted by Crippen LogP contribution is 2.39. The molecule has 0 saturated carbocycles. The lowest BCUT2D eigenvalue weighted by Crippen LogP contribution is -2.29. The normalized spacial score (nSPS) is 14.6. The van der Waals surface area contributed by atoms with Crippen molar-refractivity contribution in [1.82, 2.24) is 15.0 Å². The van der Waals surface area contributed by atoms with Crippen LogP contribution in [-0.4, -0.2) is 35.1 Å². The Labute approximate surface area is 208 Å². The van der Waals surface area contributed by atoms with Crippen molar-refractivity contribution in [2.75, 3.05) is 11.9 Å². The molecule has 3 aromatic carbocycles. The van der Waals surface area contributed by atoms with Crippen LogP contribution in [0, 0.1) is 6.92 Å². The maximum atomic E-state index is 13.3. The van der Waals surface area contributed by atoms with Crippen molar-refractivity contribution >= 4 is 45.0 Å². The van der Waals surface area contributed by atoms with Gasteiger partial charge in [-0.2, -0.15) is 4.37 Å². The molecule has 1 aromatic heterocycles. The van der Waals surface area contributed by atoms with E-state index in [0.717, 1.165) is 15.8 Å². The van der Waals surface area contributed by atoms with Gasteiger partial charge in [0.2, 0.25) is 0 Å². The van der Waals surface area contributed by atoms with E-state index in [1.807, 2.05) is 43.3 Å². The van der Waals surface area contributed by atoms with Crippen LogP contribution < -0.4 is 16.0 Å². The van der Waals surface area contributed by atoms with Crippen LogP contribution in [0.4, 0.5) is 14.5 Å². The lowest BCUT2D eigenvalue weighted by molar-refractivity contribution is 0.0891. The molecule has 2 heterocycles. The minimum Gasteiger partial charge on any atom is -0.346 e. The van der Waals surface area contributed by atoms with E-state index in [1.54, 1.807) is 12.1 Å². The topological polar surface area (TPSA) is 100 Å². The Morgan fingerprint density at radius 1 is 1.08 bits per heavy atom. The van der Waals surface area contributed by atoms with Gasteiger partial charge in [0.05, 0.1) is 17.3 Å². The van der Waals surface area contributed by atoms with E-state index in [4.69, 9.17) is 0 Å². The number of hydrogen-bond acceptors (Lipinski definition) is 5. The number of alkyl halides is 2. The molecule has 10 heteroatoms. The molecule has 5 rings (SSSR count). The van der Waals surface area contributed by atoms with Gasteiger partial charge in [0, 0.05) is 27.8 Å². The zero-order valence-corrected chi connectivity index (χ0v) is 19.8. The van der Waals surface area contributed by atoms with Crippen molar-refractivity contribution in [1.29, 1.82) is 0 Å². The molecule has 0 aliphatic carbocycles. The van der Waals surface area contributed by atoms with Gasteiger partial charge in [0.1, 0.15) is 5.69 Å². The fraction of sp³-hybridized carbons (Fsp3) is 0.154. The average molecular weight is 507 g/mol. The van der Waals surface area contributed by atoms with Crippen molar-refractivity contribution in [3.63, 3.8) is 0 Å². The molecule has 0 saturated heterocycles. The Hall–Kier alpha value is -4.18. The number of fused-ring (bicyclic) bond motifs is 2. The van der Waals surface area contributed by atoms with Crippen molar-refractivity contribution in [3.8, 4) is 0 Å². The number of anilines is 1. The van der Waals surface area contributed by atoms with E-state index in [1.165, 1.54) is 23.7 Å². The second kappa shape index (κ2) is 9.46. The zero-order valence-electron chi connectivity index (χ0n) is 19.0. The van der Waals surface area contributed by atoms with Crippen molar-refractivity contribution in [2.45, 2.75) is 19.4 Å². The molecule has 3 N–H and O–H groups in total. The largest absolute Gasteiger partial charge is 0.346 e. The predicted molar refractivity (Wildman–Crippen MR) is 133 cm³/mol. The number of carbonyl (C=O) groups excluding carboxylic acids is 3. The van der Waals surface area contributed by atoms with Gasteiger partial charge >= 0.3 is 0 Å². The number of amides is 3. The standard InChI is InChI=1S/C26H20F2N4O3S/c1-13-6-2-3-7-15(13)22-21-17(25(34)31-22)10-14(24(33)29-12-20(27)28)11-18(21)30-26(35)23-16-8-4-5-9-19(16)36-32-23/h2-11,20,22H,12H2,1H3,(H,29,33)(H,30,35)(H,31,34)/t22-/m0/s1. The fourth-order valence-corrected chi connectivity index (χ4v) is 5.09. The van der Waals surface area contributed by atoms with Crippen molar-refractivity contribution in [2.24, 2.45) is 0 Å². The summed E-state index contributed by atoms with van der Waals surface area (Å²) in [6, 6.07) is 17.0. The number of halogens is 2. The Bertz CT molecular complexity index is 1520. The Kier molecular flexibility index (Phi) is 6.19. The lowest BCUT2D eigenvalue weighted by atomic mass is 9.92. The monoisotopic (exact) mass is 506 g/mol. The smallest absolute Gasteiger partial charge is 0.276 e. The maximum Gasteiger partial charge on any atom is 0.276 e. The molecule has 1 atom stereocenters. The van der Waals surface area contributed by atoms with Gasteiger partial charge in [-0.15, -0.1) is 0 Å². The molecular formula is C26H20F2N4O3S. The molecule has 4 aromatic rings. The highest BCUT2D eigenvalue weighted by atomic mass is 32.1. The summed E-state index contributed by atoms with van der Waals surface area (Å²) < 4.78 is 30.4. The summed E-state index contributed by atoms with van der Waals surface area (Å²) in [5.74, 6) is -1.72. The zero-order chi connectivity index (χ0) is 25.4. The summed E-state index contributed by atoms with van der Waals surface area (Å²) in [6.45, 7) is 1.08. The van der Waals surface area contributed by atoms with Gasteiger partial charge in [0.25, 0.3) is 24.1 Å². The summed E-state index contributed by atoms with van der Waals surface area (Å²) in [6.07, 6.45) is -2.73. The minimum absolute atomic E-state index is 0.0200. The number of nitrogens with one attached hydrogen (secondary N) is 3. The number of aryl methyl sites for hydroxylation is 1.